The summed E-state index contributed by atoms with van der Waals surface area (Å²) in [5.74, 6) is -0.554. The number of non-ortho nitro benzene ring substituents is 1. The molecule has 1 aromatic rings. The lowest BCUT2D eigenvalue weighted by atomic mass is 10.2. The van der Waals surface area contributed by atoms with Crippen LogP contribution in [-0.2, 0) is 4.74 Å². The Hall–Kier alpha value is -2.35. The summed E-state index contributed by atoms with van der Waals surface area (Å²) in [7, 11) is 0. The Morgan fingerprint density at radius 1 is 1.30 bits per heavy atom. The van der Waals surface area contributed by atoms with E-state index < -0.39 is 10.9 Å². The van der Waals surface area contributed by atoms with Crippen molar-refractivity contribution in [2.24, 2.45) is 16.5 Å². The van der Waals surface area contributed by atoms with E-state index in [4.69, 9.17) is 16.2 Å². The zero-order valence-corrected chi connectivity index (χ0v) is 11.3. The second kappa shape index (κ2) is 8.70. The maximum atomic E-state index is 11.5. The van der Waals surface area contributed by atoms with Gasteiger partial charge in [0.15, 0.2) is 5.96 Å². The van der Waals surface area contributed by atoms with Crippen molar-refractivity contribution in [3.05, 3.63) is 39.9 Å². The van der Waals surface area contributed by atoms with Crippen LogP contribution in [0.25, 0.3) is 0 Å². The van der Waals surface area contributed by atoms with Gasteiger partial charge in [-0.3, -0.25) is 15.1 Å². The minimum absolute atomic E-state index is 0. The van der Waals surface area contributed by atoms with Gasteiger partial charge in [0, 0.05) is 25.1 Å². The molecule has 1 aromatic carbocycles. The van der Waals surface area contributed by atoms with Crippen LogP contribution in [0.2, 0.25) is 0 Å². The van der Waals surface area contributed by atoms with Crippen LogP contribution in [0.1, 0.15) is 16.8 Å². The molecule has 0 unspecified atom stereocenters. The van der Waals surface area contributed by atoms with Gasteiger partial charge in [-0.15, -0.1) is 12.4 Å². The van der Waals surface area contributed by atoms with Crippen LogP contribution in [0, 0.1) is 10.1 Å². The lowest BCUT2D eigenvalue weighted by molar-refractivity contribution is -0.384. The fourth-order valence-corrected chi connectivity index (χ4v) is 1.24. The first kappa shape index (κ1) is 17.6. The van der Waals surface area contributed by atoms with Gasteiger partial charge in [-0.1, -0.05) is 0 Å². The summed E-state index contributed by atoms with van der Waals surface area (Å²) >= 11 is 0. The number of rotatable bonds is 6. The average molecular weight is 303 g/mol. The summed E-state index contributed by atoms with van der Waals surface area (Å²) in [5, 5.41) is 10.4. The number of hydrogen-bond donors (Lipinski definition) is 2. The summed E-state index contributed by atoms with van der Waals surface area (Å²) in [6, 6.07) is 5.18. The molecular formula is C11H15ClN4O4. The average Bonchev–Trinajstić information content (AvgIpc) is 2.37. The zero-order chi connectivity index (χ0) is 14.3. The van der Waals surface area contributed by atoms with Gasteiger partial charge in [-0.05, 0) is 12.1 Å². The number of nitrogens with zero attached hydrogens (tertiary/aromatic N) is 2. The Balaban J connectivity index is 0.00000361. The molecule has 0 aromatic heterocycles. The van der Waals surface area contributed by atoms with Crippen LogP contribution in [0.3, 0.4) is 0 Å². The number of carbonyl (C=O) groups is 1. The van der Waals surface area contributed by atoms with Crippen molar-refractivity contribution >= 4 is 30.0 Å². The van der Waals surface area contributed by atoms with Gasteiger partial charge in [0.05, 0.1) is 17.1 Å². The molecule has 0 amide bonds. The molecule has 0 heterocycles. The number of guanidine groups is 1. The maximum Gasteiger partial charge on any atom is 0.338 e. The molecule has 9 heteroatoms. The van der Waals surface area contributed by atoms with Gasteiger partial charge >= 0.3 is 5.97 Å². The van der Waals surface area contributed by atoms with Crippen molar-refractivity contribution in [3.8, 4) is 0 Å². The molecule has 0 aliphatic carbocycles. The summed E-state index contributed by atoms with van der Waals surface area (Å²) in [6.45, 7) is 0.544. The van der Waals surface area contributed by atoms with Crippen LogP contribution in [-0.4, -0.2) is 30.0 Å². The molecule has 110 valence electrons. The summed E-state index contributed by atoms with van der Waals surface area (Å²) in [6.07, 6.45) is 0.497. The van der Waals surface area contributed by atoms with Gasteiger partial charge in [-0.25, -0.2) is 4.79 Å². The Morgan fingerprint density at radius 2 is 1.90 bits per heavy atom. The number of nitrogens with two attached hydrogens (primary N) is 2. The van der Waals surface area contributed by atoms with Crippen LogP contribution in [0.15, 0.2) is 29.3 Å². The highest BCUT2D eigenvalue weighted by Gasteiger charge is 2.10. The molecule has 0 atom stereocenters. The monoisotopic (exact) mass is 302 g/mol. The molecule has 0 bridgehead atoms. The Kier molecular flexibility index (Phi) is 7.68. The molecule has 0 radical (unpaired) electrons. The normalized spacial score (nSPS) is 9.20. The van der Waals surface area contributed by atoms with E-state index in [0.29, 0.717) is 13.0 Å². The van der Waals surface area contributed by atoms with Gasteiger partial charge in [0.25, 0.3) is 5.69 Å². The van der Waals surface area contributed by atoms with E-state index >= 15 is 0 Å². The third kappa shape index (κ3) is 6.01. The van der Waals surface area contributed by atoms with E-state index in [1.54, 1.807) is 0 Å². The number of nitro benzene ring substituents is 1. The Bertz CT molecular complexity index is 486. The van der Waals surface area contributed by atoms with E-state index in [1.807, 2.05) is 0 Å². The van der Waals surface area contributed by atoms with E-state index in [-0.39, 0.29) is 36.2 Å². The van der Waals surface area contributed by atoms with Crippen LogP contribution < -0.4 is 11.5 Å². The quantitative estimate of drug-likeness (QED) is 0.200. The number of aliphatic imine (C=N–C) groups is 1. The van der Waals surface area contributed by atoms with E-state index in [1.165, 1.54) is 24.3 Å². The van der Waals surface area contributed by atoms with Crippen molar-refractivity contribution < 1.29 is 14.5 Å². The smallest absolute Gasteiger partial charge is 0.338 e. The minimum atomic E-state index is -0.542. The summed E-state index contributed by atoms with van der Waals surface area (Å²) < 4.78 is 4.95. The maximum absolute atomic E-state index is 11.5. The molecule has 0 saturated carbocycles. The summed E-state index contributed by atoms with van der Waals surface area (Å²) in [5.41, 5.74) is 10.4. The van der Waals surface area contributed by atoms with Gasteiger partial charge in [-0.2, -0.15) is 0 Å². The lowest BCUT2D eigenvalue weighted by Gasteiger charge is -2.03. The molecular weight excluding hydrogens is 288 g/mol. The third-order valence-corrected chi connectivity index (χ3v) is 2.14. The predicted molar refractivity (Wildman–Crippen MR) is 75.9 cm³/mol. The molecule has 20 heavy (non-hydrogen) atoms. The van der Waals surface area contributed by atoms with Gasteiger partial charge in [0.1, 0.15) is 0 Å². The van der Waals surface area contributed by atoms with Crippen molar-refractivity contribution in [1.82, 2.24) is 0 Å². The highest BCUT2D eigenvalue weighted by Crippen LogP contribution is 2.12. The fourth-order valence-electron chi connectivity index (χ4n) is 1.24. The second-order valence-corrected chi connectivity index (χ2v) is 3.60. The number of carbonyl (C=O) groups excluding carboxylic acids is 1. The van der Waals surface area contributed by atoms with Crippen LogP contribution >= 0.6 is 12.4 Å². The largest absolute Gasteiger partial charge is 0.462 e. The van der Waals surface area contributed by atoms with Crippen molar-refractivity contribution in [2.45, 2.75) is 6.42 Å². The van der Waals surface area contributed by atoms with Gasteiger partial charge < -0.3 is 16.2 Å². The highest BCUT2D eigenvalue weighted by atomic mass is 35.5. The molecule has 0 aliphatic rings. The number of esters is 1. The SMILES string of the molecule is Cl.NC(N)=NCCCOC(=O)c1ccc([N+](=O)[O-])cc1. The number of benzene rings is 1. The highest BCUT2D eigenvalue weighted by molar-refractivity contribution is 5.89. The van der Waals surface area contributed by atoms with E-state index in [0.717, 1.165) is 0 Å². The first-order valence-electron chi connectivity index (χ1n) is 5.47. The van der Waals surface area contributed by atoms with Crippen LogP contribution in [0.4, 0.5) is 5.69 Å². The molecule has 0 fully saturated rings. The number of halogens is 1. The predicted octanol–water partition coefficient (Wildman–Crippen LogP) is 0.837. The Labute approximate surface area is 121 Å². The number of hydrogen-bond acceptors (Lipinski definition) is 5. The molecule has 1 rings (SSSR count). The number of nitro groups is 1. The first-order chi connectivity index (χ1) is 9.00. The molecule has 4 N–H and O–H groups in total. The third-order valence-electron chi connectivity index (χ3n) is 2.14. The van der Waals surface area contributed by atoms with Crippen molar-refractivity contribution in [1.29, 1.82) is 0 Å². The van der Waals surface area contributed by atoms with Crippen LogP contribution in [0.5, 0.6) is 0 Å². The van der Waals surface area contributed by atoms with Crippen molar-refractivity contribution in [3.63, 3.8) is 0 Å². The van der Waals surface area contributed by atoms with Gasteiger partial charge in [0.2, 0.25) is 0 Å². The fraction of sp³-hybridized carbons (Fsp3) is 0.273. The first-order valence-corrected chi connectivity index (χ1v) is 5.47. The lowest BCUT2D eigenvalue weighted by Crippen LogP contribution is -2.23. The topological polar surface area (TPSA) is 134 Å². The minimum Gasteiger partial charge on any atom is -0.462 e. The molecule has 8 nitrogen and oxygen atoms in total. The molecule has 0 saturated heterocycles. The van der Waals surface area contributed by atoms with E-state index in [2.05, 4.69) is 4.99 Å². The number of ether oxygens (including phenoxy) is 1. The summed E-state index contributed by atoms with van der Waals surface area (Å²) in [4.78, 5) is 25.2. The van der Waals surface area contributed by atoms with E-state index in [9.17, 15) is 14.9 Å². The zero-order valence-electron chi connectivity index (χ0n) is 10.5. The molecule has 0 aliphatic heterocycles. The standard InChI is InChI=1S/C11H14N4O4.ClH/c12-11(13)14-6-1-7-19-10(16)8-2-4-9(5-3-8)15(17)18;/h2-5H,1,6-7H2,(H4,12,13,14);1H. The molecule has 0 spiro atoms. The second-order valence-electron chi connectivity index (χ2n) is 3.60. The van der Waals surface area contributed by atoms with Crippen molar-refractivity contribution in [2.75, 3.05) is 13.2 Å². The Morgan fingerprint density at radius 3 is 2.40 bits per heavy atom.